The SMILES string of the molecule is COc1cc(CBr)cc(Br)c1OCc1cc(F)ccc1Cl. The molecule has 0 spiro atoms. The second-order valence-electron chi connectivity index (χ2n) is 4.27. The highest BCUT2D eigenvalue weighted by atomic mass is 79.9. The van der Waals surface area contributed by atoms with E-state index >= 15 is 0 Å². The van der Waals surface area contributed by atoms with Gasteiger partial charge in [-0.15, -0.1) is 0 Å². The van der Waals surface area contributed by atoms with Gasteiger partial charge in [-0.3, -0.25) is 0 Å². The van der Waals surface area contributed by atoms with Crippen molar-refractivity contribution in [3.63, 3.8) is 0 Å². The molecular formula is C15H12Br2ClFO2. The highest BCUT2D eigenvalue weighted by Gasteiger charge is 2.12. The van der Waals surface area contributed by atoms with E-state index < -0.39 is 0 Å². The van der Waals surface area contributed by atoms with Crippen molar-refractivity contribution in [2.24, 2.45) is 0 Å². The van der Waals surface area contributed by atoms with Gasteiger partial charge in [0.1, 0.15) is 12.4 Å². The quantitative estimate of drug-likeness (QED) is 0.556. The fraction of sp³-hybridized carbons (Fsp3) is 0.200. The fourth-order valence-electron chi connectivity index (χ4n) is 1.79. The van der Waals surface area contributed by atoms with E-state index in [0.717, 1.165) is 10.0 Å². The molecule has 0 aromatic heterocycles. The number of halogens is 4. The minimum Gasteiger partial charge on any atom is -0.493 e. The van der Waals surface area contributed by atoms with E-state index in [1.54, 1.807) is 7.11 Å². The molecule has 0 saturated heterocycles. The van der Waals surface area contributed by atoms with Gasteiger partial charge in [0.15, 0.2) is 11.5 Å². The van der Waals surface area contributed by atoms with E-state index in [9.17, 15) is 4.39 Å². The third-order valence-electron chi connectivity index (χ3n) is 2.82. The topological polar surface area (TPSA) is 18.5 Å². The summed E-state index contributed by atoms with van der Waals surface area (Å²) in [5.41, 5.74) is 1.63. The van der Waals surface area contributed by atoms with Gasteiger partial charge >= 0.3 is 0 Å². The Morgan fingerprint density at radius 1 is 1.24 bits per heavy atom. The lowest BCUT2D eigenvalue weighted by Crippen LogP contribution is -2.00. The number of hydrogen-bond donors (Lipinski definition) is 0. The molecule has 0 bridgehead atoms. The maximum Gasteiger partial charge on any atom is 0.175 e. The van der Waals surface area contributed by atoms with E-state index in [0.29, 0.717) is 27.4 Å². The summed E-state index contributed by atoms with van der Waals surface area (Å²) >= 11 is 12.9. The maximum absolute atomic E-state index is 13.2. The molecule has 6 heteroatoms. The molecule has 0 atom stereocenters. The predicted molar refractivity (Wildman–Crippen MR) is 89.1 cm³/mol. The summed E-state index contributed by atoms with van der Waals surface area (Å²) in [6.45, 7) is 0.152. The minimum atomic E-state index is -0.348. The van der Waals surface area contributed by atoms with Crippen molar-refractivity contribution in [3.05, 3.63) is 56.8 Å². The van der Waals surface area contributed by atoms with Crippen LogP contribution in [0.25, 0.3) is 0 Å². The van der Waals surface area contributed by atoms with E-state index in [2.05, 4.69) is 31.9 Å². The Morgan fingerprint density at radius 3 is 2.67 bits per heavy atom. The van der Waals surface area contributed by atoms with Crippen molar-refractivity contribution in [1.29, 1.82) is 0 Å². The smallest absolute Gasteiger partial charge is 0.175 e. The summed E-state index contributed by atoms with van der Waals surface area (Å²) in [5.74, 6) is 0.813. The van der Waals surface area contributed by atoms with E-state index in [4.69, 9.17) is 21.1 Å². The first-order valence-electron chi connectivity index (χ1n) is 6.04. The molecule has 0 radical (unpaired) electrons. The number of rotatable bonds is 5. The second kappa shape index (κ2) is 7.47. The van der Waals surface area contributed by atoms with Crippen LogP contribution >= 0.6 is 43.5 Å². The van der Waals surface area contributed by atoms with Gasteiger partial charge < -0.3 is 9.47 Å². The third kappa shape index (κ3) is 4.11. The molecule has 0 saturated carbocycles. The summed E-state index contributed by atoms with van der Waals surface area (Å²) in [6, 6.07) is 7.99. The Morgan fingerprint density at radius 2 is 2.00 bits per heavy atom. The maximum atomic E-state index is 13.2. The van der Waals surface area contributed by atoms with E-state index in [1.165, 1.54) is 18.2 Å². The molecule has 2 aromatic rings. The number of benzene rings is 2. The first-order valence-corrected chi connectivity index (χ1v) is 8.33. The first kappa shape index (κ1) is 16.6. The molecule has 0 unspecified atom stereocenters. The van der Waals surface area contributed by atoms with Gasteiger partial charge in [-0.1, -0.05) is 27.5 Å². The van der Waals surface area contributed by atoms with Gasteiger partial charge in [-0.2, -0.15) is 0 Å². The van der Waals surface area contributed by atoms with Crippen LogP contribution in [0.4, 0.5) is 4.39 Å². The van der Waals surface area contributed by atoms with Gasteiger partial charge in [0, 0.05) is 15.9 Å². The zero-order chi connectivity index (χ0) is 15.4. The summed E-state index contributed by atoms with van der Waals surface area (Å²) in [5, 5.41) is 1.17. The standard InChI is InChI=1S/C15H12Br2ClFO2/c1-20-14-5-9(7-16)4-12(17)15(14)21-8-10-6-11(19)2-3-13(10)18/h2-6H,7-8H2,1H3. The molecular weight excluding hydrogens is 426 g/mol. The van der Waals surface area contributed by atoms with E-state index in [1.807, 2.05) is 12.1 Å². The van der Waals surface area contributed by atoms with Crippen molar-refractivity contribution < 1.29 is 13.9 Å². The van der Waals surface area contributed by atoms with Crippen molar-refractivity contribution in [2.45, 2.75) is 11.9 Å². The lowest BCUT2D eigenvalue weighted by atomic mass is 10.2. The molecule has 0 fully saturated rings. The second-order valence-corrected chi connectivity index (χ2v) is 6.09. The summed E-state index contributed by atoms with van der Waals surface area (Å²) < 4.78 is 25.1. The number of methoxy groups -OCH3 is 1. The van der Waals surface area contributed by atoms with Crippen LogP contribution in [0.15, 0.2) is 34.8 Å². The van der Waals surface area contributed by atoms with Gasteiger partial charge in [0.2, 0.25) is 0 Å². The van der Waals surface area contributed by atoms with Crippen LogP contribution in [0.5, 0.6) is 11.5 Å². The first-order chi connectivity index (χ1) is 10.0. The molecule has 0 amide bonds. The Balaban J connectivity index is 2.25. The lowest BCUT2D eigenvalue weighted by molar-refractivity contribution is 0.282. The number of ether oxygens (including phenoxy) is 2. The van der Waals surface area contributed by atoms with Gasteiger partial charge in [0.05, 0.1) is 11.6 Å². The zero-order valence-electron chi connectivity index (χ0n) is 11.1. The summed E-state index contributed by atoms with van der Waals surface area (Å²) in [6.07, 6.45) is 0. The largest absolute Gasteiger partial charge is 0.493 e. The van der Waals surface area contributed by atoms with Crippen LogP contribution in [0.3, 0.4) is 0 Å². The van der Waals surface area contributed by atoms with Crippen LogP contribution in [0.2, 0.25) is 5.02 Å². The van der Waals surface area contributed by atoms with Crippen LogP contribution in [0, 0.1) is 5.82 Å². The number of alkyl halides is 1. The molecule has 2 aromatic carbocycles. The van der Waals surface area contributed by atoms with Gasteiger partial charge in [-0.25, -0.2) is 4.39 Å². The summed E-state index contributed by atoms with van der Waals surface area (Å²) in [7, 11) is 1.57. The fourth-order valence-corrected chi connectivity index (χ4v) is 2.89. The minimum absolute atomic E-state index is 0.152. The highest BCUT2D eigenvalue weighted by Crippen LogP contribution is 2.38. The van der Waals surface area contributed by atoms with Crippen LogP contribution in [-0.4, -0.2) is 7.11 Å². The predicted octanol–water partition coefficient (Wildman–Crippen LogP) is 5.72. The Hall–Kier alpha value is -0.780. The van der Waals surface area contributed by atoms with Crippen LogP contribution in [0.1, 0.15) is 11.1 Å². The molecule has 112 valence electrons. The van der Waals surface area contributed by atoms with Crippen molar-refractivity contribution in [3.8, 4) is 11.5 Å². The van der Waals surface area contributed by atoms with Crippen LogP contribution < -0.4 is 9.47 Å². The average molecular weight is 439 g/mol. The van der Waals surface area contributed by atoms with Gasteiger partial charge in [-0.05, 0) is 51.8 Å². The third-order valence-corrected chi connectivity index (χ3v) is 4.43. The Labute approximate surface area is 144 Å². The van der Waals surface area contributed by atoms with Crippen LogP contribution in [-0.2, 0) is 11.9 Å². The monoisotopic (exact) mass is 436 g/mol. The van der Waals surface area contributed by atoms with Gasteiger partial charge in [0.25, 0.3) is 0 Å². The lowest BCUT2D eigenvalue weighted by Gasteiger charge is -2.14. The summed E-state index contributed by atoms with van der Waals surface area (Å²) in [4.78, 5) is 0. The zero-order valence-corrected chi connectivity index (χ0v) is 15.1. The van der Waals surface area contributed by atoms with Crippen molar-refractivity contribution in [2.75, 3.05) is 7.11 Å². The molecule has 0 N–H and O–H groups in total. The molecule has 2 nitrogen and oxygen atoms in total. The van der Waals surface area contributed by atoms with Crippen molar-refractivity contribution in [1.82, 2.24) is 0 Å². The normalized spacial score (nSPS) is 10.5. The Bertz CT molecular complexity index is 650. The molecule has 0 aliphatic rings. The molecule has 2 rings (SSSR count). The molecule has 21 heavy (non-hydrogen) atoms. The Kier molecular flexibility index (Phi) is 5.90. The van der Waals surface area contributed by atoms with E-state index in [-0.39, 0.29) is 12.4 Å². The average Bonchev–Trinajstić information content (AvgIpc) is 2.48. The molecule has 0 heterocycles. The molecule has 0 aliphatic heterocycles. The van der Waals surface area contributed by atoms with Crippen molar-refractivity contribution >= 4 is 43.5 Å². The highest BCUT2D eigenvalue weighted by molar-refractivity contribution is 9.10. The number of hydrogen-bond acceptors (Lipinski definition) is 2. The molecule has 0 aliphatic carbocycles.